The second kappa shape index (κ2) is 5.14. The van der Waals surface area contributed by atoms with Crippen LogP contribution in [0.4, 0.5) is 5.69 Å². The lowest BCUT2D eigenvalue weighted by Crippen LogP contribution is -2.23. The lowest BCUT2D eigenvalue weighted by molar-refractivity contribution is -0.385. The molecule has 0 spiro atoms. The molecule has 1 atom stereocenters. The van der Waals surface area contributed by atoms with Crippen LogP contribution in [-0.2, 0) is 16.3 Å². The summed E-state index contributed by atoms with van der Waals surface area (Å²) in [5, 5.41) is 20.4. The number of nitro groups is 1. The molecule has 0 amide bonds. The fourth-order valence-electron chi connectivity index (χ4n) is 2.40. The van der Waals surface area contributed by atoms with Gasteiger partial charge in [-0.2, -0.15) is 5.26 Å². The van der Waals surface area contributed by atoms with Gasteiger partial charge in [0.1, 0.15) is 0 Å². The first-order valence-corrected chi connectivity index (χ1v) is 8.43. The summed E-state index contributed by atoms with van der Waals surface area (Å²) in [5.74, 6) is -0.269. The predicted molar refractivity (Wildman–Crippen MR) is 75.8 cm³/mol. The van der Waals surface area contributed by atoms with Gasteiger partial charge < -0.3 is 0 Å². The van der Waals surface area contributed by atoms with Crippen molar-refractivity contribution >= 4 is 31.5 Å². The number of hydrogen-bond donors (Lipinski definition) is 0. The van der Waals surface area contributed by atoms with Crippen LogP contribution in [0.15, 0.2) is 22.7 Å². The molecular formula is C12H11BrN2O4S. The van der Waals surface area contributed by atoms with Crippen LogP contribution in [0.5, 0.6) is 0 Å². The molecule has 0 radical (unpaired) electrons. The molecule has 0 aliphatic carbocycles. The molecule has 1 fully saturated rings. The monoisotopic (exact) mass is 358 g/mol. The molecule has 1 saturated heterocycles. The van der Waals surface area contributed by atoms with Crippen LogP contribution >= 0.6 is 15.9 Å². The Balaban J connectivity index is 2.40. The highest BCUT2D eigenvalue weighted by molar-refractivity contribution is 9.10. The van der Waals surface area contributed by atoms with Crippen LogP contribution in [0, 0.1) is 26.9 Å². The first-order valence-electron chi connectivity index (χ1n) is 5.81. The van der Waals surface area contributed by atoms with Crippen molar-refractivity contribution in [1.29, 1.82) is 5.26 Å². The molecule has 0 bridgehead atoms. The number of nitriles is 1. The zero-order chi connectivity index (χ0) is 15.0. The third-order valence-electron chi connectivity index (χ3n) is 3.40. The van der Waals surface area contributed by atoms with E-state index in [4.69, 9.17) is 0 Å². The lowest BCUT2D eigenvalue weighted by atomic mass is 9.82. The van der Waals surface area contributed by atoms with E-state index in [0.717, 1.165) is 0 Å². The van der Waals surface area contributed by atoms with Gasteiger partial charge in [-0.15, -0.1) is 0 Å². The zero-order valence-corrected chi connectivity index (χ0v) is 12.8. The second-order valence-electron chi connectivity index (χ2n) is 4.94. The Morgan fingerprint density at radius 2 is 2.20 bits per heavy atom. The molecule has 1 aromatic rings. The van der Waals surface area contributed by atoms with Gasteiger partial charge in [-0.1, -0.05) is 22.0 Å². The standard InChI is InChI=1S/C12H11BrN2O4S/c13-10-2-1-9(11(5-10)15(16)17)6-12(7-14)3-4-20(18,19)8-12/h1-2,5H,3-4,6,8H2. The first-order chi connectivity index (χ1) is 9.27. The Labute approximate surface area is 124 Å². The molecule has 1 unspecified atom stereocenters. The van der Waals surface area contributed by atoms with Gasteiger partial charge in [0.15, 0.2) is 9.84 Å². The number of benzene rings is 1. The van der Waals surface area contributed by atoms with E-state index in [0.29, 0.717) is 10.0 Å². The number of hydrogen-bond acceptors (Lipinski definition) is 5. The molecule has 0 N–H and O–H groups in total. The van der Waals surface area contributed by atoms with Crippen LogP contribution in [-0.4, -0.2) is 24.8 Å². The second-order valence-corrected chi connectivity index (χ2v) is 8.04. The van der Waals surface area contributed by atoms with E-state index < -0.39 is 20.2 Å². The van der Waals surface area contributed by atoms with Crippen LogP contribution < -0.4 is 0 Å². The van der Waals surface area contributed by atoms with E-state index in [1.807, 2.05) is 6.07 Å². The highest BCUT2D eigenvalue weighted by Crippen LogP contribution is 2.37. The minimum absolute atomic E-state index is 0.0368. The minimum atomic E-state index is -3.23. The maximum absolute atomic E-state index is 11.6. The maximum atomic E-state index is 11.6. The summed E-state index contributed by atoms with van der Waals surface area (Å²) in [4.78, 5) is 10.5. The summed E-state index contributed by atoms with van der Waals surface area (Å²) in [7, 11) is -3.23. The molecule has 1 aromatic carbocycles. The molecule has 8 heteroatoms. The molecule has 6 nitrogen and oxygen atoms in total. The first kappa shape index (κ1) is 14.9. The van der Waals surface area contributed by atoms with Gasteiger partial charge in [-0.05, 0) is 18.9 Å². The van der Waals surface area contributed by atoms with Crippen molar-refractivity contribution in [1.82, 2.24) is 0 Å². The summed E-state index contributed by atoms with van der Waals surface area (Å²) >= 11 is 3.16. The van der Waals surface area contributed by atoms with Crippen LogP contribution in [0.2, 0.25) is 0 Å². The number of halogens is 1. The van der Waals surface area contributed by atoms with Crippen molar-refractivity contribution in [3.8, 4) is 6.07 Å². The van der Waals surface area contributed by atoms with Gasteiger partial charge in [0, 0.05) is 16.1 Å². The van der Waals surface area contributed by atoms with Gasteiger partial charge >= 0.3 is 0 Å². The van der Waals surface area contributed by atoms with Gasteiger partial charge in [-0.25, -0.2) is 8.42 Å². The van der Waals surface area contributed by atoms with Gasteiger partial charge in [-0.3, -0.25) is 10.1 Å². The Bertz CT molecular complexity index is 711. The number of nitro benzene ring substituents is 1. The quantitative estimate of drug-likeness (QED) is 0.608. The van der Waals surface area contributed by atoms with E-state index in [-0.39, 0.29) is 30.0 Å². The van der Waals surface area contributed by atoms with Crippen LogP contribution in [0.3, 0.4) is 0 Å². The number of nitrogens with zero attached hydrogens (tertiary/aromatic N) is 2. The van der Waals surface area contributed by atoms with E-state index in [1.165, 1.54) is 6.07 Å². The Kier molecular flexibility index (Phi) is 3.84. The van der Waals surface area contributed by atoms with Crippen LogP contribution in [0.1, 0.15) is 12.0 Å². The average molecular weight is 359 g/mol. The molecule has 1 aliphatic heterocycles. The van der Waals surface area contributed by atoms with Crippen molar-refractivity contribution in [3.63, 3.8) is 0 Å². The third kappa shape index (κ3) is 2.99. The fourth-order valence-corrected chi connectivity index (χ4v) is 4.75. The molecule has 0 saturated carbocycles. The van der Waals surface area contributed by atoms with E-state index in [2.05, 4.69) is 15.9 Å². The highest BCUT2D eigenvalue weighted by Gasteiger charge is 2.43. The summed E-state index contributed by atoms with van der Waals surface area (Å²) in [5.41, 5.74) is -0.771. The molecule has 106 valence electrons. The van der Waals surface area contributed by atoms with Gasteiger partial charge in [0.05, 0.1) is 27.9 Å². The molecule has 20 heavy (non-hydrogen) atoms. The number of sulfone groups is 1. The molecule has 0 aromatic heterocycles. The lowest BCUT2D eigenvalue weighted by Gasteiger charge is -2.18. The van der Waals surface area contributed by atoms with Crippen molar-refractivity contribution in [2.45, 2.75) is 12.8 Å². The molecule has 1 heterocycles. The fraction of sp³-hybridized carbons (Fsp3) is 0.417. The predicted octanol–water partition coefficient (Wildman–Crippen LogP) is 2.23. The summed E-state index contributed by atoms with van der Waals surface area (Å²) in [6.07, 6.45) is 0.297. The Hall–Kier alpha value is -1.46. The van der Waals surface area contributed by atoms with Crippen molar-refractivity contribution in [3.05, 3.63) is 38.3 Å². The summed E-state index contributed by atoms with van der Waals surface area (Å²) < 4.78 is 23.7. The van der Waals surface area contributed by atoms with Crippen LogP contribution in [0.25, 0.3) is 0 Å². The Morgan fingerprint density at radius 1 is 1.50 bits per heavy atom. The van der Waals surface area contributed by atoms with Crippen molar-refractivity contribution in [2.24, 2.45) is 5.41 Å². The van der Waals surface area contributed by atoms with E-state index in [1.54, 1.807) is 12.1 Å². The molecule has 1 aliphatic rings. The van der Waals surface area contributed by atoms with Gasteiger partial charge in [0.25, 0.3) is 5.69 Å². The highest BCUT2D eigenvalue weighted by atomic mass is 79.9. The number of rotatable bonds is 3. The Morgan fingerprint density at radius 3 is 2.70 bits per heavy atom. The largest absolute Gasteiger partial charge is 0.273 e. The van der Waals surface area contributed by atoms with Gasteiger partial charge in [0.2, 0.25) is 0 Å². The van der Waals surface area contributed by atoms with Crippen molar-refractivity contribution in [2.75, 3.05) is 11.5 Å². The average Bonchev–Trinajstić information content (AvgIpc) is 2.68. The minimum Gasteiger partial charge on any atom is -0.258 e. The zero-order valence-electron chi connectivity index (χ0n) is 10.4. The van der Waals surface area contributed by atoms with Crippen molar-refractivity contribution < 1.29 is 13.3 Å². The van der Waals surface area contributed by atoms with E-state index >= 15 is 0 Å². The summed E-state index contributed by atoms with van der Waals surface area (Å²) in [6.45, 7) is 0. The topological polar surface area (TPSA) is 101 Å². The van der Waals surface area contributed by atoms with E-state index in [9.17, 15) is 23.8 Å². The SMILES string of the molecule is N#CC1(Cc2ccc(Br)cc2[N+](=O)[O-])CCS(=O)(=O)C1. The summed E-state index contributed by atoms with van der Waals surface area (Å²) in [6, 6.07) is 6.63. The normalized spacial score (nSPS) is 24.2. The molecule has 2 rings (SSSR count). The molecular weight excluding hydrogens is 348 g/mol. The smallest absolute Gasteiger partial charge is 0.258 e. The maximum Gasteiger partial charge on any atom is 0.273 e. The third-order valence-corrected chi connectivity index (χ3v) is 5.71.